The Bertz CT molecular complexity index is 724. The fourth-order valence-corrected chi connectivity index (χ4v) is 2.72. The largest absolute Gasteiger partial charge is 0.296 e. The molecule has 0 spiro atoms. The highest BCUT2D eigenvalue weighted by molar-refractivity contribution is 7.86. The molecule has 4 nitrogen and oxygen atoms in total. The van der Waals surface area contributed by atoms with E-state index in [9.17, 15) is 13.2 Å². The van der Waals surface area contributed by atoms with Gasteiger partial charge in [-0.3, -0.25) is 9.35 Å². The van der Waals surface area contributed by atoms with Crippen molar-refractivity contribution in [2.75, 3.05) is 0 Å². The minimum absolute atomic E-state index is 0.0305. The number of halogens is 1. The van der Waals surface area contributed by atoms with E-state index in [4.69, 9.17) is 16.2 Å². The van der Waals surface area contributed by atoms with Crippen LogP contribution in [0.4, 0.5) is 0 Å². The average molecular weight is 297 g/mol. The molecule has 98 valence electrons. The Morgan fingerprint density at radius 3 is 2.21 bits per heavy atom. The fraction of sp³-hybridized carbons (Fsp3) is 0. The summed E-state index contributed by atoms with van der Waals surface area (Å²) in [5.41, 5.74) is 0.417. The summed E-state index contributed by atoms with van der Waals surface area (Å²) in [6.45, 7) is 0. The Morgan fingerprint density at radius 2 is 1.63 bits per heavy atom. The van der Waals surface area contributed by atoms with Crippen molar-refractivity contribution in [2.24, 2.45) is 0 Å². The van der Waals surface area contributed by atoms with E-state index in [-0.39, 0.29) is 10.6 Å². The normalized spacial score (nSPS) is 11.3. The summed E-state index contributed by atoms with van der Waals surface area (Å²) >= 11 is 5.88. The summed E-state index contributed by atoms with van der Waals surface area (Å²) in [5.74, 6) is -0.406. The summed E-state index contributed by atoms with van der Waals surface area (Å²) in [5, 5.41) is -0.279. The Balaban J connectivity index is 2.57. The van der Waals surface area contributed by atoms with Gasteiger partial charge < -0.3 is 0 Å². The molecule has 0 saturated carbocycles. The maximum atomic E-state index is 12.2. The van der Waals surface area contributed by atoms with Crippen LogP contribution in [0.25, 0.3) is 0 Å². The van der Waals surface area contributed by atoms with Crippen molar-refractivity contribution in [1.29, 1.82) is 0 Å². The van der Waals surface area contributed by atoms with Crippen molar-refractivity contribution in [3.05, 3.63) is 64.7 Å². The minimum atomic E-state index is -4.46. The number of carbonyl (C=O) groups is 1. The molecular formula is C13H9ClO4S. The molecule has 0 atom stereocenters. The molecule has 0 radical (unpaired) electrons. The van der Waals surface area contributed by atoms with Crippen LogP contribution in [-0.2, 0) is 10.1 Å². The van der Waals surface area contributed by atoms with E-state index >= 15 is 0 Å². The predicted molar refractivity (Wildman–Crippen MR) is 71.1 cm³/mol. The maximum Gasteiger partial charge on any atom is 0.296 e. The van der Waals surface area contributed by atoms with Crippen LogP contribution in [0.1, 0.15) is 15.9 Å². The van der Waals surface area contributed by atoms with Crippen LogP contribution < -0.4 is 0 Å². The third-order valence-corrected chi connectivity index (χ3v) is 3.94. The van der Waals surface area contributed by atoms with Crippen LogP contribution in [0.5, 0.6) is 0 Å². The van der Waals surface area contributed by atoms with Gasteiger partial charge in [0.05, 0.1) is 5.02 Å². The molecule has 0 unspecified atom stereocenters. The Labute approximate surface area is 115 Å². The molecule has 0 heterocycles. The standard InChI is InChI=1S/C13H9ClO4S/c14-12-10(7-4-8-11(12)19(16,17)18)13(15)9-5-2-1-3-6-9/h1-8H,(H,16,17,18). The van der Waals surface area contributed by atoms with E-state index in [1.165, 1.54) is 12.1 Å². The fourth-order valence-electron chi connectivity index (χ4n) is 1.63. The summed E-state index contributed by atoms with van der Waals surface area (Å²) in [6.07, 6.45) is 0. The van der Waals surface area contributed by atoms with Crippen molar-refractivity contribution >= 4 is 27.5 Å². The van der Waals surface area contributed by atoms with E-state index in [0.717, 1.165) is 6.07 Å². The first-order chi connectivity index (χ1) is 8.91. The van der Waals surface area contributed by atoms with Gasteiger partial charge in [0.25, 0.3) is 10.1 Å². The van der Waals surface area contributed by atoms with Gasteiger partial charge in [0.15, 0.2) is 5.78 Å². The highest BCUT2D eigenvalue weighted by atomic mass is 35.5. The van der Waals surface area contributed by atoms with E-state index in [1.807, 2.05) is 0 Å². The van der Waals surface area contributed by atoms with Gasteiger partial charge in [-0.1, -0.05) is 48.0 Å². The predicted octanol–water partition coefficient (Wildman–Crippen LogP) is 2.82. The molecule has 0 bridgehead atoms. The van der Waals surface area contributed by atoms with Crippen molar-refractivity contribution in [1.82, 2.24) is 0 Å². The van der Waals surface area contributed by atoms with Gasteiger partial charge in [-0.25, -0.2) is 0 Å². The zero-order valence-corrected chi connectivity index (χ0v) is 11.1. The second-order valence-corrected chi connectivity index (χ2v) is 5.56. The van der Waals surface area contributed by atoms with E-state index < -0.39 is 20.8 Å². The summed E-state index contributed by atoms with van der Waals surface area (Å²) in [6, 6.07) is 12.2. The van der Waals surface area contributed by atoms with Gasteiger partial charge in [0.2, 0.25) is 0 Å². The van der Waals surface area contributed by atoms with Gasteiger partial charge in [-0.2, -0.15) is 8.42 Å². The van der Waals surface area contributed by atoms with Crippen molar-refractivity contribution in [3.63, 3.8) is 0 Å². The van der Waals surface area contributed by atoms with Gasteiger partial charge in [-0.15, -0.1) is 0 Å². The molecule has 0 saturated heterocycles. The second kappa shape index (κ2) is 5.13. The first kappa shape index (κ1) is 13.7. The smallest absolute Gasteiger partial charge is 0.289 e. The van der Waals surface area contributed by atoms with Crippen molar-refractivity contribution < 1.29 is 17.8 Å². The molecule has 0 aliphatic heterocycles. The third kappa shape index (κ3) is 2.84. The van der Waals surface area contributed by atoms with Crippen LogP contribution in [0, 0.1) is 0 Å². The lowest BCUT2D eigenvalue weighted by molar-refractivity contribution is 0.103. The number of ketones is 1. The molecule has 0 fully saturated rings. The Kier molecular flexibility index (Phi) is 3.71. The number of benzene rings is 2. The van der Waals surface area contributed by atoms with E-state index in [0.29, 0.717) is 5.56 Å². The van der Waals surface area contributed by atoms with Crippen molar-refractivity contribution in [3.8, 4) is 0 Å². The molecule has 2 rings (SSSR count). The molecule has 1 N–H and O–H groups in total. The highest BCUT2D eigenvalue weighted by Gasteiger charge is 2.20. The van der Waals surface area contributed by atoms with Crippen LogP contribution >= 0.6 is 11.6 Å². The molecular weight excluding hydrogens is 288 g/mol. The van der Waals surface area contributed by atoms with Gasteiger partial charge in [0, 0.05) is 11.1 Å². The van der Waals surface area contributed by atoms with Crippen LogP contribution in [0.2, 0.25) is 5.02 Å². The maximum absolute atomic E-state index is 12.2. The highest BCUT2D eigenvalue weighted by Crippen LogP contribution is 2.27. The SMILES string of the molecule is O=C(c1ccccc1)c1cccc(S(=O)(=O)O)c1Cl. The molecule has 6 heteroatoms. The van der Waals surface area contributed by atoms with E-state index in [2.05, 4.69) is 0 Å². The number of hydrogen-bond donors (Lipinski definition) is 1. The topological polar surface area (TPSA) is 71.4 Å². The molecule has 19 heavy (non-hydrogen) atoms. The number of carbonyl (C=O) groups excluding carboxylic acids is 1. The number of hydrogen-bond acceptors (Lipinski definition) is 3. The lowest BCUT2D eigenvalue weighted by atomic mass is 10.0. The molecule has 0 aliphatic carbocycles. The Hall–Kier alpha value is -1.69. The Morgan fingerprint density at radius 1 is 1.00 bits per heavy atom. The lowest BCUT2D eigenvalue weighted by Crippen LogP contribution is -2.06. The third-order valence-electron chi connectivity index (χ3n) is 2.52. The first-order valence-electron chi connectivity index (χ1n) is 5.27. The minimum Gasteiger partial charge on any atom is -0.289 e. The molecule has 0 amide bonds. The van der Waals surface area contributed by atoms with Crippen LogP contribution in [-0.4, -0.2) is 18.8 Å². The molecule has 2 aromatic carbocycles. The molecule has 2 aromatic rings. The zero-order chi connectivity index (χ0) is 14.0. The second-order valence-electron chi connectivity index (χ2n) is 3.79. The monoisotopic (exact) mass is 296 g/mol. The quantitative estimate of drug-likeness (QED) is 0.698. The summed E-state index contributed by atoms with van der Waals surface area (Å²) in [7, 11) is -4.46. The average Bonchev–Trinajstić information content (AvgIpc) is 2.38. The van der Waals surface area contributed by atoms with Crippen molar-refractivity contribution in [2.45, 2.75) is 4.90 Å². The molecule has 0 aromatic heterocycles. The van der Waals surface area contributed by atoms with E-state index in [1.54, 1.807) is 30.3 Å². The lowest BCUT2D eigenvalue weighted by Gasteiger charge is -2.06. The summed E-state index contributed by atoms with van der Waals surface area (Å²) < 4.78 is 31.3. The first-order valence-corrected chi connectivity index (χ1v) is 7.09. The van der Waals surface area contributed by atoms with Gasteiger partial charge in [-0.05, 0) is 12.1 Å². The van der Waals surface area contributed by atoms with Crippen LogP contribution in [0.3, 0.4) is 0 Å². The number of rotatable bonds is 3. The van der Waals surface area contributed by atoms with Gasteiger partial charge in [0.1, 0.15) is 4.90 Å². The summed E-state index contributed by atoms with van der Waals surface area (Å²) in [4.78, 5) is 11.7. The van der Waals surface area contributed by atoms with Crippen LogP contribution in [0.15, 0.2) is 53.4 Å². The molecule has 0 aliphatic rings. The zero-order valence-electron chi connectivity index (χ0n) is 9.58. The van der Waals surface area contributed by atoms with Gasteiger partial charge >= 0.3 is 0 Å².